The zero-order valence-electron chi connectivity index (χ0n) is 16.4. The van der Waals surface area contributed by atoms with Crippen LogP contribution < -0.4 is 11.5 Å². The van der Waals surface area contributed by atoms with Gasteiger partial charge < -0.3 is 11.5 Å². The summed E-state index contributed by atoms with van der Waals surface area (Å²) in [7, 11) is 0. The molecule has 2 heterocycles. The number of nitrogens with zero attached hydrogens (tertiary/aromatic N) is 6. The lowest BCUT2D eigenvalue weighted by Gasteiger charge is -2.11. The lowest BCUT2D eigenvalue weighted by Crippen LogP contribution is -2.12. The van der Waals surface area contributed by atoms with Crippen LogP contribution in [0.3, 0.4) is 0 Å². The Morgan fingerprint density at radius 1 is 1.18 bits per heavy atom. The fourth-order valence-electron chi connectivity index (χ4n) is 3.23. The maximum Gasteiger partial charge on any atom is 0.419 e. The van der Waals surface area contributed by atoms with E-state index in [1.807, 2.05) is 6.07 Å². The monoisotopic (exact) mass is 456 g/mol. The van der Waals surface area contributed by atoms with E-state index in [0.717, 1.165) is 10.7 Å². The molecular formula is C20H12F4N8O. The molecule has 0 saturated heterocycles. The highest BCUT2D eigenvalue weighted by molar-refractivity contribution is 5.96. The van der Waals surface area contributed by atoms with Crippen LogP contribution in [0.2, 0.25) is 0 Å². The molecule has 13 heteroatoms. The summed E-state index contributed by atoms with van der Waals surface area (Å²) in [6.07, 6.45) is -4.87. The van der Waals surface area contributed by atoms with Crippen molar-refractivity contribution < 1.29 is 22.4 Å². The van der Waals surface area contributed by atoms with Gasteiger partial charge in [-0.05, 0) is 24.3 Å². The van der Waals surface area contributed by atoms with Crippen molar-refractivity contribution in [2.75, 3.05) is 5.73 Å². The molecule has 2 aromatic carbocycles. The van der Waals surface area contributed by atoms with E-state index in [-0.39, 0.29) is 45.1 Å². The van der Waals surface area contributed by atoms with E-state index in [0.29, 0.717) is 6.07 Å². The molecule has 0 unspecified atom stereocenters. The van der Waals surface area contributed by atoms with Crippen molar-refractivity contribution in [2.45, 2.75) is 12.7 Å². The third-order valence-electron chi connectivity index (χ3n) is 4.70. The molecule has 0 aliphatic rings. The summed E-state index contributed by atoms with van der Waals surface area (Å²) in [6.45, 7) is -0.424. The van der Waals surface area contributed by atoms with Gasteiger partial charge in [0.25, 0.3) is 0 Å². The lowest BCUT2D eigenvalue weighted by molar-refractivity contribution is -0.140. The van der Waals surface area contributed by atoms with Gasteiger partial charge in [-0.25, -0.2) is 14.1 Å². The van der Waals surface area contributed by atoms with Gasteiger partial charge in [-0.1, -0.05) is 17.3 Å². The Morgan fingerprint density at radius 3 is 2.61 bits per heavy atom. The van der Waals surface area contributed by atoms with Crippen LogP contribution in [0.15, 0.2) is 36.4 Å². The Hall–Kier alpha value is -4.60. The van der Waals surface area contributed by atoms with Crippen molar-refractivity contribution in [2.24, 2.45) is 5.73 Å². The summed E-state index contributed by atoms with van der Waals surface area (Å²) in [5.41, 5.74) is 10.0. The second-order valence-electron chi connectivity index (χ2n) is 6.90. The summed E-state index contributed by atoms with van der Waals surface area (Å²) in [5.74, 6) is -2.47. The second kappa shape index (κ2) is 7.83. The largest absolute Gasteiger partial charge is 0.419 e. The van der Waals surface area contributed by atoms with Gasteiger partial charge in [0, 0.05) is 16.7 Å². The van der Waals surface area contributed by atoms with Gasteiger partial charge in [0.05, 0.1) is 23.7 Å². The number of primary amides is 1. The molecule has 0 radical (unpaired) electrons. The van der Waals surface area contributed by atoms with Crippen molar-refractivity contribution in [1.82, 2.24) is 25.0 Å². The molecule has 0 spiro atoms. The minimum atomic E-state index is -4.87. The van der Waals surface area contributed by atoms with E-state index < -0.39 is 30.0 Å². The molecule has 0 fully saturated rings. The second-order valence-corrected chi connectivity index (χ2v) is 6.90. The van der Waals surface area contributed by atoms with Gasteiger partial charge in [0.2, 0.25) is 11.9 Å². The number of aromatic nitrogens is 5. The number of fused-ring (bicyclic) bond motifs is 1. The molecule has 9 nitrogen and oxygen atoms in total. The molecule has 4 rings (SSSR count). The predicted molar refractivity (Wildman–Crippen MR) is 107 cm³/mol. The molecule has 0 aliphatic carbocycles. The van der Waals surface area contributed by atoms with Crippen LogP contribution in [0.25, 0.3) is 22.4 Å². The number of halogens is 4. The van der Waals surface area contributed by atoms with Crippen molar-refractivity contribution in [3.8, 4) is 17.3 Å². The Bertz CT molecular complexity index is 1460. The summed E-state index contributed by atoms with van der Waals surface area (Å²) in [5, 5.41) is 17.1. The van der Waals surface area contributed by atoms with Crippen LogP contribution in [0.4, 0.5) is 23.5 Å². The van der Waals surface area contributed by atoms with Gasteiger partial charge in [-0.15, -0.1) is 5.10 Å². The molecule has 166 valence electrons. The Balaban J connectivity index is 1.85. The van der Waals surface area contributed by atoms with Crippen LogP contribution in [-0.4, -0.2) is 30.9 Å². The molecule has 33 heavy (non-hydrogen) atoms. The number of carbonyl (C=O) groups excluding carboxylic acids is 1. The Kier molecular flexibility index (Phi) is 5.13. The van der Waals surface area contributed by atoms with Gasteiger partial charge in [-0.2, -0.15) is 23.4 Å². The highest BCUT2D eigenvalue weighted by Crippen LogP contribution is 2.33. The number of hydrogen-bond donors (Lipinski definition) is 2. The molecule has 0 atom stereocenters. The maximum absolute atomic E-state index is 14.5. The maximum atomic E-state index is 14.5. The zero-order valence-corrected chi connectivity index (χ0v) is 16.4. The minimum Gasteiger partial charge on any atom is -0.368 e. The smallest absolute Gasteiger partial charge is 0.368 e. The van der Waals surface area contributed by atoms with Crippen LogP contribution in [0.5, 0.6) is 0 Å². The van der Waals surface area contributed by atoms with Crippen molar-refractivity contribution in [3.05, 3.63) is 64.5 Å². The fraction of sp³-hybridized carbons (Fsp3) is 0.100. The van der Waals surface area contributed by atoms with Crippen LogP contribution in [0, 0.1) is 17.1 Å². The summed E-state index contributed by atoms with van der Waals surface area (Å²) in [4.78, 5) is 19.7. The first-order valence-electron chi connectivity index (χ1n) is 9.15. The highest BCUT2D eigenvalue weighted by atomic mass is 19.4. The van der Waals surface area contributed by atoms with Crippen LogP contribution >= 0.6 is 0 Å². The summed E-state index contributed by atoms with van der Waals surface area (Å²) in [6, 6.07) is 8.87. The van der Waals surface area contributed by atoms with E-state index in [2.05, 4.69) is 20.3 Å². The molecule has 2 aromatic heterocycles. The number of nitriles is 1. The van der Waals surface area contributed by atoms with Crippen LogP contribution in [-0.2, 0) is 12.7 Å². The number of amides is 1. The molecule has 0 aliphatic heterocycles. The number of anilines is 1. The van der Waals surface area contributed by atoms with Crippen molar-refractivity contribution in [1.29, 1.82) is 5.26 Å². The van der Waals surface area contributed by atoms with E-state index in [1.54, 1.807) is 0 Å². The fourth-order valence-corrected chi connectivity index (χ4v) is 3.23. The first-order valence-corrected chi connectivity index (χ1v) is 9.15. The third-order valence-corrected chi connectivity index (χ3v) is 4.70. The number of rotatable bonds is 4. The van der Waals surface area contributed by atoms with Gasteiger partial charge >= 0.3 is 6.18 Å². The first-order chi connectivity index (χ1) is 15.6. The molecule has 1 amide bonds. The van der Waals surface area contributed by atoms with Gasteiger partial charge in [0.1, 0.15) is 11.5 Å². The number of carbonyl (C=O) groups is 1. The van der Waals surface area contributed by atoms with Crippen LogP contribution in [0.1, 0.15) is 27.0 Å². The quantitative estimate of drug-likeness (QED) is 0.448. The van der Waals surface area contributed by atoms with Gasteiger partial charge in [-0.3, -0.25) is 4.79 Å². The molecular weight excluding hydrogens is 444 g/mol. The highest BCUT2D eigenvalue weighted by Gasteiger charge is 2.35. The van der Waals surface area contributed by atoms with E-state index in [4.69, 9.17) is 11.5 Å². The molecule has 4 aromatic rings. The van der Waals surface area contributed by atoms with Crippen molar-refractivity contribution in [3.63, 3.8) is 0 Å². The summed E-state index contributed by atoms with van der Waals surface area (Å²) >= 11 is 0. The molecule has 0 saturated carbocycles. The van der Waals surface area contributed by atoms with E-state index >= 15 is 0 Å². The Morgan fingerprint density at radius 2 is 1.94 bits per heavy atom. The Labute approximate surface area is 182 Å². The normalized spacial score (nSPS) is 11.5. The first kappa shape index (κ1) is 21.6. The van der Waals surface area contributed by atoms with Gasteiger partial charge in [0.15, 0.2) is 11.2 Å². The van der Waals surface area contributed by atoms with E-state index in [1.165, 1.54) is 24.3 Å². The lowest BCUT2D eigenvalue weighted by atomic mass is 10.0. The minimum absolute atomic E-state index is 0.0114. The average Bonchev–Trinajstić information content (AvgIpc) is 3.15. The number of nitrogen functional groups attached to an aromatic ring is 1. The third kappa shape index (κ3) is 4.01. The predicted octanol–water partition coefficient (Wildman–Crippen LogP) is 2.65. The number of alkyl halides is 3. The number of hydrogen-bond acceptors (Lipinski definition) is 7. The van der Waals surface area contributed by atoms with E-state index in [9.17, 15) is 27.6 Å². The summed E-state index contributed by atoms with van der Waals surface area (Å²) < 4.78 is 54.7. The van der Waals surface area contributed by atoms with Crippen molar-refractivity contribution >= 4 is 23.0 Å². The average molecular weight is 456 g/mol. The topological polar surface area (TPSA) is 149 Å². The SMILES string of the molecule is N#Cc1cc(C(N)=O)cc(-c2nc(N)nc3c2nnn3Cc2cccc(C(F)(F)F)c2F)c1. The standard InChI is InChI=1S/C20H12F4N8O/c21-14-10(2-1-3-13(14)20(22,23)24)8-32-18-16(30-31-32)15(28-19(27)29-18)11-4-9(7-25)5-12(6-11)17(26)33/h1-6H,8H2,(H2,26,33)(H2,27,28,29). The number of nitrogens with two attached hydrogens (primary N) is 2. The zero-order chi connectivity index (χ0) is 23.9. The molecule has 0 bridgehead atoms. The molecule has 4 N–H and O–H groups in total. The number of benzene rings is 2.